The zero-order valence-corrected chi connectivity index (χ0v) is 14.1. The van der Waals surface area contributed by atoms with Crippen LogP contribution in [0.3, 0.4) is 0 Å². The lowest BCUT2D eigenvalue weighted by Gasteiger charge is -2.30. The first kappa shape index (κ1) is 17.0. The minimum atomic E-state index is -1.35. The molecule has 3 N–H and O–H groups in total. The first-order chi connectivity index (χ1) is 11.9. The standard InChI is InChI=1S/C20H20O5/c1-11(2)3-4-12-9-13(5-8-16(12)22)20-19(24)18(23)15-7-6-14(21)10-17(15)25-20/h3,5-10,19-22,24H,4H2,1-2H3/t19-,20+/m0/s1. The van der Waals surface area contributed by atoms with Crippen LogP contribution in [0.5, 0.6) is 17.2 Å². The number of hydrogen-bond donors (Lipinski definition) is 3. The number of aliphatic hydroxyl groups is 1. The molecule has 0 aliphatic carbocycles. The van der Waals surface area contributed by atoms with E-state index in [0.29, 0.717) is 17.5 Å². The van der Waals surface area contributed by atoms with Gasteiger partial charge in [-0.1, -0.05) is 17.7 Å². The number of fused-ring (bicyclic) bond motifs is 1. The Bertz CT molecular complexity index is 849. The van der Waals surface area contributed by atoms with Crippen LogP contribution in [0.15, 0.2) is 48.0 Å². The second-order valence-corrected chi connectivity index (χ2v) is 6.40. The Labute approximate surface area is 145 Å². The molecule has 5 nitrogen and oxygen atoms in total. The third kappa shape index (κ3) is 3.37. The number of carbonyl (C=O) groups is 1. The number of benzene rings is 2. The molecule has 0 aromatic heterocycles. The van der Waals surface area contributed by atoms with E-state index in [2.05, 4.69) is 0 Å². The molecule has 25 heavy (non-hydrogen) atoms. The van der Waals surface area contributed by atoms with Crippen LogP contribution >= 0.6 is 0 Å². The lowest BCUT2D eigenvalue weighted by atomic mass is 9.92. The van der Waals surface area contributed by atoms with Crippen LogP contribution in [0, 0.1) is 0 Å². The van der Waals surface area contributed by atoms with Gasteiger partial charge in [-0.25, -0.2) is 0 Å². The van der Waals surface area contributed by atoms with Gasteiger partial charge in [-0.05, 0) is 55.7 Å². The van der Waals surface area contributed by atoms with Crippen molar-refractivity contribution in [2.75, 3.05) is 0 Å². The highest BCUT2D eigenvalue weighted by molar-refractivity contribution is 6.03. The van der Waals surface area contributed by atoms with Crippen molar-refractivity contribution in [2.45, 2.75) is 32.5 Å². The van der Waals surface area contributed by atoms with Gasteiger partial charge >= 0.3 is 0 Å². The van der Waals surface area contributed by atoms with Gasteiger partial charge in [-0.15, -0.1) is 0 Å². The molecule has 0 amide bonds. The molecule has 0 fully saturated rings. The van der Waals surface area contributed by atoms with Gasteiger partial charge in [0.15, 0.2) is 18.0 Å². The minimum Gasteiger partial charge on any atom is -0.508 e. The van der Waals surface area contributed by atoms with Crippen molar-refractivity contribution in [3.05, 3.63) is 64.7 Å². The molecule has 0 bridgehead atoms. The molecular weight excluding hydrogens is 320 g/mol. The van der Waals surface area contributed by atoms with E-state index in [1.807, 2.05) is 19.9 Å². The van der Waals surface area contributed by atoms with Crippen molar-refractivity contribution in [3.8, 4) is 17.2 Å². The van der Waals surface area contributed by atoms with E-state index >= 15 is 0 Å². The van der Waals surface area contributed by atoms with Gasteiger partial charge in [0.1, 0.15) is 17.2 Å². The maximum Gasteiger partial charge on any atom is 0.199 e. The molecule has 2 aromatic carbocycles. The summed E-state index contributed by atoms with van der Waals surface area (Å²) in [4.78, 5) is 12.4. The van der Waals surface area contributed by atoms with Gasteiger partial charge < -0.3 is 20.1 Å². The predicted molar refractivity (Wildman–Crippen MR) is 93.1 cm³/mol. The number of rotatable bonds is 3. The first-order valence-corrected chi connectivity index (χ1v) is 8.04. The van der Waals surface area contributed by atoms with Crippen LogP contribution < -0.4 is 4.74 Å². The number of phenols is 2. The number of ketones is 1. The molecule has 2 aromatic rings. The molecule has 1 heterocycles. The van der Waals surface area contributed by atoms with Gasteiger partial charge in [0.2, 0.25) is 0 Å². The fraction of sp³-hybridized carbons (Fsp3) is 0.250. The number of aliphatic hydroxyl groups excluding tert-OH is 1. The average molecular weight is 340 g/mol. The van der Waals surface area contributed by atoms with Crippen molar-refractivity contribution in [3.63, 3.8) is 0 Å². The Balaban J connectivity index is 1.98. The van der Waals surface area contributed by atoms with Crippen molar-refractivity contribution in [1.82, 2.24) is 0 Å². The minimum absolute atomic E-state index is 0.0170. The maximum atomic E-state index is 12.4. The Morgan fingerprint density at radius 2 is 1.92 bits per heavy atom. The smallest absolute Gasteiger partial charge is 0.199 e. The summed E-state index contributed by atoms with van der Waals surface area (Å²) >= 11 is 0. The zero-order valence-electron chi connectivity index (χ0n) is 14.1. The van der Waals surface area contributed by atoms with E-state index in [4.69, 9.17) is 4.74 Å². The van der Waals surface area contributed by atoms with Crippen molar-refractivity contribution in [2.24, 2.45) is 0 Å². The third-order valence-corrected chi connectivity index (χ3v) is 4.20. The van der Waals surface area contributed by atoms with E-state index in [1.165, 1.54) is 24.3 Å². The van der Waals surface area contributed by atoms with Crippen LogP contribution in [-0.2, 0) is 6.42 Å². The molecule has 0 spiro atoms. The quantitative estimate of drug-likeness (QED) is 0.747. The molecule has 130 valence electrons. The Kier molecular flexibility index (Phi) is 4.51. The van der Waals surface area contributed by atoms with Crippen LogP contribution in [0.25, 0.3) is 0 Å². The largest absolute Gasteiger partial charge is 0.508 e. The second kappa shape index (κ2) is 6.61. The van der Waals surface area contributed by atoms with Gasteiger partial charge in [-0.3, -0.25) is 4.79 Å². The van der Waals surface area contributed by atoms with E-state index in [-0.39, 0.29) is 22.8 Å². The van der Waals surface area contributed by atoms with Crippen LogP contribution in [0.4, 0.5) is 0 Å². The van der Waals surface area contributed by atoms with Crippen molar-refractivity contribution in [1.29, 1.82) is 0 Å². The molecule has 1 aliphatic rings. The summed E-state index contributed by atoms with van der Waals surface area (Å²) in [5.41, 5.74) is 2.64. The summed E-state index contributed by atoms with van der Waals surface area (Å²) in [7, 11) is 0. The topological polar surface area (TPSA) is 87.0 Å². The highest BCUT2D eigenvalue weighted by Gasteiger charge is 2.37. The van der Waals surface area contributed by atoms with Gasteiger partial charge in [0, 0.05) is 6.07 Å². The summed E-state index contributed by atoms with van der Waals surface area (Å²) in [5, 5.41) is 30.0. The molecule has 0 saturated carbocycles. The van der Waals surface area contributed by atoms with E-state index in [1.54, 1.807) is 12.1 Å². The molecule has 0 saturated heterocycles. The maximum absolute atomic E-state index is 12.4. The average Bonchev–Trinajstić information content (AvgIpc) is 2.57. The summed E-state index contributed by atoms with van der Waals surface area (Å²) in [6.07, 6.45) is 0.275. The predicted octanol–water partition coefficient (Wildman–Crippen LogP) is 3.28. The zero-order chi connectivity index (χ0) is 18.1. The number of carbonyl (C=O) groups excluding carboxylic acids is 1. The summed E-state index contributed by atoms with van der Waals surface area (Å²) in [5.74, 6) is -0.0861. The van der Waals surface area contributed by atoms with Gasteiger partial charge in [0.25, 0.3) is 0 Å². The molecule has 3 rings (SSSR count). The summed E-state index contributed by atoms with van der Waals surface area (Å²) in [6.45, 7) is 3.94. The molecular formula is C20H20O5. The van der Waals surface area contributed by atoms with E-state index in [9.17, 15) is 20.1 Å². The normalized spacial score (nSPS) is 19.1. The highest BCUT2D eigenvalue weighted by atomic mass is 16.5. The molecule has 0 radical (unpaired) electrons. The SMILES string of the molecule is CC(C)=CCc1cc([C@H]2Oc3cc(O)ccc3C(=O)[C@@H]2O)ccc1O. The first-order valence-electron chi connectivity index (χ1n) is 8.04. The molecule has 5 heteroatoms. The molecule has 1 aliphatic heterocycles. The fourth-order valence-electron chi connectivity index (χ4n) is 2.82. The lowest BCUT2D eigenvalue weighted by Crippen LogP contribution is -2.36. The molecule has 2 atom stereocenters. The number of hydrogen-bond acceptors (Lipinski definition) is 5. The number of phenolic OH excluding ortho intramolecular Hbond substituents is 2. The van der Waals surface area contributed by atoms with Gasteiger partial charge in [0.05, 0.1) is 5.56 Å². The second-order valence-electron chi connectivity index (χ2n) is 6.40. The van der Waals surface area contributed by atoms with Crippen LogP contribution in [0.1, 0.15) is 41.4 Å². The van der Waals surface area contributed by atoms with Crippen LogP contribution in [-0.4, -0.2) is 27.2 Å². The number of aromatic hydroxyl groups is 2. The lowest BCUT2D eigenvalue weighted by molar-refractivity contribution is 0.0215. The van der Waals surface area contributed by atoms with Crippen molar-refractivity contribution < 1.29 is 24.9 Å². The Morgan fingerprint density at radius 3 is 2.64 bits per heavy atom. The Morgan fingerprint density at radius 1 is 1.16 bits per heavy atom. The number of Topliss-reactive ketones (excluding diaryl/α,β-unsaturated/α-hetero) is 1. The number of allylic oxidation sites excluding steroid dienone is 2. The van der Waals surface area contributed by atoms with E-state index < -0.39 is 18.0 Å². The monoisotopic (exact) mass is 340 g/mol. The van der Waals surface area contributed by atoms with Gasteiger partial charge in [-0.2, -0.15) is 0 Å². The Hall–Kier alpha value is -2.79. The van der Waals surface area contributed by atoms with E-state index in [0.717, 1.165) is 5.57 Å². The van der Waals surface area contributed by atoms with Crippen LogP contribution in [0.2, 0.25) is 0 Å². The fourth-order valence-corrected chi connectivity index (χ4v) is 2.82. The highest BCUT2D eigenvalue weighted by Crippen LogP contribution is 2.38. The molecule has 0 unspecified atom stereocenters. The number of ether oxygens (including phenoxy) is 1. The van der Waals surface area contributed by atoms with Crippen molar-refractivity contribution >= 4 is 5.78 Å². The summed E-state index contributed by atoms with van der Waals surface area (Å²) < 4.78 is 5.77. The summed E-state index contributed by atoms with van der Waals surface area (Å²) in [6, 6.07) is 9.05. The third-order valence-electron chi connectivity index (χ3n) is 4.20.